The summed E-state index contributed by atoms with van der Waals surface area (Å²) < 4.78 is 0. The first-order chi connectivity index (χ1) is 13.1. The Morgan fingerprint density at radius 1 is 0.852 bits per heavy atom. The summed E-state index contributed by atoms with van der Waals surface area (Å²) in [5.74, 6) is 0.580. The molecule has 4 nitrogen and oxygen atoms in total. The van der Waals surface area contributed by atoms with E-state index in [0.717, 1.165) is 22.3 Å². The van der Waals surface area contributed by atoms with E-state index in [0.29, 0.717) is 33.2 Å². The van der Waals surface area contributed by atoms with Crippen LogP contribution in [0.2, 0.25) is 15.1 Å². The average molecular weight is 418 g/mol. The van der Waals surface area contributed by atoms with Crippen molar-refractivity contribution < 1.29 is 0 Å². The summed E-state index contributed by atoms with van der Waals surface area (Å²) in [7, 11) is 0. The Labute approximate surface area is 171 Å². The van der Waals surface area contributed by atoms with Gasteiger partial charge in [0.1, 0.15) is 0 Å². The highest BCUT2D eigenvalue weighted by Gasteiger charge is 2.09. The van der Waals surface area contributed by atoms with E-state index in [1.165, 1.54) is 0 Å². The number of nitrogens with one attached hydrogen (secondary N) is 3. The number of anilines is 3. The Bertz CT molecular complexity index is 1090. The fourth-order valence-electron chi connectivity index (χ4n) is 2.76. The number of aromatic nitrogens is 2. The Balaban J connectivity index is 1.54. The number of aromatic amines is 1. The van der Waals surface area contributed by atoms with Crippen LogP contribution in [0.4, 0.5) is 17.3 Å². The molecule has 0 atom stereocenters. The third-order valence-corrected chi connectivity index (χ3v) is 5.07. The lowest BCUT2D eigenvalue weighted by Gasteiger charge is -2.08. The molecule has 4 rings (SSSR count). The lowest BCUT2D eigenvalue weighted by molar-refractivity contribution is 1.15. The maximum Gasteiger partial charge on any atom is 0.205 e. The molecule has 0 saturated carbocycles. The molecule has 0 aliphatic heterocycles. The number of H-pyrrole nitrogens is 1. The van der Waals surface area contributed by atoms with Gasteiger partial charge >= 0.3 is 0 Å². The summed E-state index contributed by atoms with van der Waals surface area (Å²) in [6.07, 6.45) is 0. The van der Waals surface area contributed by atoms with Crippen LogP contribution in [0.5, 0.6) is 0 Å². The van der Waals surface area contributed by atoms with E-state index < -0.39 is 0 Å². The van der Waals surface area contributed by atoms with Gasteiger partial charge in [0.15, 0.2) is 0 Å². The van der Waals surface area contributed by atoms with Crippen molar-refractivity contribution in [3.8, 4) is 0 Å². The molecule has 0 aliphatic carbocycles. The minimum absolute atomic E-state index is 0.535. The third kappa shape index (κ3) is 3.98. The van der Waals surface area contributed by atoms with Crippen LogP contribution in [-0.2, 0) is 6.54 Å². The SMILES string of the molecule is Clc1ccccc1NCc1ccc2nc(Nc3c(Cl)cccc3Cl)[nH]c2c1. The summed E-state index contributed by atoms with van der Waals surface area (Å²) in [5, 5.41) is 8.26. The van der Waals surface area contributed by atoms with Gasteiger partial charge in [-0.1, -0.05) is 59.1 Å². The van der Waals surface area contributed by atoms with Crippen LogP contribution in [-0.4, -0.2) is 9.97 Å². The van der Waals surface area contributed by atoms with Crippen molar-refractivity contribution >= 4 is 63.2 Å². The normalized spacial score (nSPS) is 10.9. The monoisotopic (exact) mass is 416 g/mol. The molecular weight excluding hydrogens is 403 g/mol. The molecule has 4 aromatic rings. The van der Waals surface area contributed by atoms with E-state index in [1.807, 2.05) is 42.5 Å². The van der Waals surface area contributed by atoms with Crippen molar-refractivity contribution in [2.24, 2.45) is 0 Å². The van der Waals surface area contributed by atoms with Crippen LogP contribution in [0, 0.1) is 0 Å². The number of imidazole rings is 1. The van der Waals surface area contributed by atoms with E-state index in [1.54, 1.807) is 18.2 Å². The number of hydrogen-bond acceptors (Lipinski definition) is 3. The molecule has 0 unspecified atom stereocenters. The average Bonchev–Trinajstić information content (AvgIpc) is 3.06. The molecule has 136 valence electrons. The quantitative estimate of drug-likeness (QED) is 0.332. The van der Waals surface area contributed by atoms with Crippen molar-refractivity contribution in [2.75, 3.05) is 10.6 Å². The number of hydrogen-bond donors (Lipinski definition) is 3. The first-order valence-electron chi connectivity index (χ1n) is 8.28. The summed E-state index contributed by atoms with van der Waals surface area (Å²) in [4.78, 5) is 7.79. The minimum Gasteiger partial charge on any atom is -0.380 e. The van der Waals surface area contributed by atoms with E-state index in [4.69, 9.17) is 34.8 Å². The van der Waals surface area contributed by atoms with Gasteiger partial charge in [0.25, 0.3) is 0 Å². The molecule has 0 fully saturated rings. The van der Waals surface area contributed by atoms with Crippen LogP contribution in [0.25, 0.3) is 11.0 Å². The van der Waals surface area contributed by atoms with Gasteiger partial charge in [-0.3, -0.25) is 0 Å². The molecule has 27 heavy (non-hydrogen) atoms. The highest BCUT2D eigenvalue weighted by molar-refractivity contribution is 6.39. The Morgan fingerprint density at radius 3 is 2.37 bits per heavy atom. The Hall–Kier alpha value is -2.40. The highest BCUT2D eigenvalue weighted by Crippen LogP contribution is 2.32. The topological polar surface area (TPSA) is 52.7 Å². The van der Waals surface area contributed by atoms with Crippen molar-refractivity contribution in [2.45, 2.75) is 6.54 Å². The molecule has 0 bridgehead atoms. The maximum absolute atomic E-state index is 6.21. The predicted octanol–water partition coefficient (Wildman–Crippen LogP) is 6.88. The molecule has 0 spiro atoms. The fourth-order valence-corrected chi connectivity index (χ4v) is 3.46. The number of benzene rings is 3. The number of rotatable bonds is 5. The zero-order chi connectivity index (χ0) is 18.8. The van der Waals surface area contributed by atoms with Crippen molar-refractivity contribution in [1.82, 2.24) is 9.97 Å². The van der Waals surface area contributed by atoms with Crippen LogP contribution < -0.4 is 10.6 Å². The van der Waals surface area contributed by atoms with Crippen LogP contribution in [0.3, 0.4) is 0 Å². The molecule has 3 aromatic carbocycles. The summed E-state index contributed by atoms with van der Waals surface area (Å²) >= 11 is 18.6. The van der Waals surface area contributed by atoms with Gasteiger partial charge < -0.3 is 15.6 Å². The standard InChI is InChI=1S/C20H15Cl3N4/c21-13-4-1-2-7-16(13)24-11-12-8-9-17-18(10-12)26-20(25-17)27-19-14(22)5-3-6-15(19)23/h1-10,24H,11H2,(H2,25,26,27). The van der Waals surface area contributed by atoms with E-state index >= 15 is 0 Å². The predicted molar refractivity (Wildman–Crippen MR) is 115 cm³/mol. The molecule has 0 radical (unpaired) electrons. The highest BCUT2D eigenvalue weighted by atomic mass is 35.5. The van der Waals surface area contributed by atoms with Gasteiger partial charge in [-0.25, -0.2) is 4.98 Å². The van der Waals surface area contributed by atoms with Gasteiger partial charge in [0.05, 0.1) is 37.5 Å². The van der Waals surface area contributed by atoms with Crippen molar-refractivity contribution in [1.29, 1.82) is 0 Å². The number of fused-ring (bicyclic) bond motifs is 1. The molecule has 0 aliphatic rings. The number of para-hydroxylation sites is 2. The van der Waals surface area contributed by atoms with Crippen LogP contribution >= 0.6 is 34.8 Å². The molecular formula is C20H15Cl3N4. The van der Waals surface area contributed by atoms with Gasteiger partial charge in [-0.15, -0.1) is 0 Å². The molecule has 1 aromatic heterocycles. The van der Waals surface area contributed by atoms with Crippen LogP contribution in [0.1, 0.15) is 5.56 Å². The van der Waals surface area contributed by atoms with E-state index in [2.05, 4.69) is 20.6 Å². The fraction of sp³-hybridized carbons (Fsp3) is 0.0500. The first kappa shape index (κ1) is 18.0. The largest absolute Gasteiger partial charge is 0.380 e. The van der Waals surface area contributed by atoms with Gasteiger partial charge in [-0.05, 0) is 42.0 Å². The van der Waals surface area contributed by atoms with Crippen molar-refractivity contribution in [3.05, 3.63) is 81.3 Å². The lowest BCUT2D eigenvalue weighted by Crippen LogP contribution is -1.99. The van der Waals surface area contributed by atoms with Crippen molar-refractivity contribution in [3.63, 3.8) is 0 Å². The van der Waals surface area contributed by atoms with Gasteiger partial charge in [-0.2, -0.15) is 0 Å². The smallest absolute Gasteiger partial charge is 0.205 e. The maximum atomic E-state index is 6.21. The Morgan fingerprint density at radius 2 is 1.59 bits per heavy atom. The third-order valence-electron chi connectivity index (χ3n) is 4.11. The first-order valence-corrected chi connectivity index (χ1v) is 9.41. The summed E-state index contributed by atoms with van der Waals surface area (Å²) in [6.45, 7) is 0.651. The number of nitrogens with zero attached hydrogens (tertiary/aromatic N) is 1. The summed E-state index contributed by atoms with van der Waals surface area (Å²) in [6, 6.07) is 19.1. The zero-order valence-corrected chi connectivity index (χ0v) is 16.3. The lowest BCUT2D eigenvalue weighted by atomic mass is 10.2. The molecule has 3 N–H and O–H groups in total. The molecule has 1 heterocycles. The van der Waals surface area contributed by atoms with Gasteiger partial charge in [0.2, 0.25) is 5.95 Å². The molecule has 0 amide bonds. The minimum atomic E-state index is 0.535. The Kier molecular flexibility index (Phi) is 5.12. The molecule has 7 heteroatoms. The second-order valence-electron chi connectivity index (χ2n) is 5.99. The second kappa shape index (κ2) is 7.69. The summed E-state index contributed by atoms with van der Waals surface area (Å²) in [5.41, 5.74) is 4.40. The van der Waals surface area contributed by atoms with Gasteiger partial charge in [0, 0.05) is 6.54 Å². The number of halogens is 3. The van der Waals surface area contributed by atoms with E-state index in [9.17, 15) is 0 Å². The van der Waals surface area contributed by atoms with Crippen LogP contribution in [0.15, 0.2) is 60.7 Å². The second-order valence-corrected chi connectivity index (χ2v) is 7.21. The zero-order valence-electron chi connectivity index (χ0n) is 14.1. The van der Waals surface area contributed by atoms with E-state index in [-0.39, 0.29) is 0 Å². The molecule has 0 saturated heterocycles.